The van der Waals surface area contributed by atoms with Gasteiger partial charge in [-0.15, -0.1) is 0 Å². The SMILES string of the molecule is CCn1c(C)cc(/C=C2/SC(=O)N(CC(=O)N3CCN(c4ccccc4)CC3)C2=O)c1C. The fourth-order valence-electron chi connectivity index (χ4n) is 4.33. The van der Waals surface area contributed by atoms with Gasteiger partial charge in [0.2, 0.25) is 5.91 Å². The predicted molar refractivity (Wildman–Crippen MR) is 127 cm³/mol. The molecule has 4 rings (SSSR count). The number of aromatic nitrogens is 1. The summed E-state index contributed by atoms with van der Waals surface area (Å²) in [6, 6.07) is 12.1. The molecule has 3 heterocycles. The highest BCUT2D eigenvalue weighted by molar-refractivity contribution is 8.18. The summed E-state index contributed by atoms with van der Waals surface area (Å²) in [6.07, 6.45) is 1.77. The van der Waals surface area contributed by atoms with E-state index >= 15 is 0 Å². The molecular formula is C24H28N4O3S. The number of hydrogen-bond donors (Lipinski definition) is 0. The molecule has 2 saturated heterocycles. The summed E-state index contributed by atoms with van der Waals surface area (Å²) in [5.41, 5.74) is 4.24. The van der Waals surface area contributed by atoms with Crippen LogP contribution in [0.15, 0.2) is 41.3 Å². The summed E-state index contributed by atoms with van der Waals surface area (Å²) in [5, 5.41) is -0.387. The molecular weight excluding hydrogens is 424 g/mol. The highest BCUT2D eigenvalue weighted by Gasteiger charge is 2.37. The number of rotatable bonds is 5. The van der Waals surface area contributed by atoms with Crippen LogP contribution < -0.4 is 4.90 Å². The third kappa shape index (κ3) is 4.32. The smallest absolute Gasteiger partial charge is 0.294 e. The van der Waals surface area contributed by atoms with Gasteiger partial charge in [0.15, 0.2) is 0 Å². The molecule has 32 heavy (non-hydrogen) atoms. The van der Waals surface area contributed by atoms with Crippen molar-refractivity contribution in [3.05, 3.63) is 58.3 Å². The van der Waals surface area contributed by atoms with E-state index in [1.54, 1.807) is 11.0 Å². The van der Waals surface area contributed by atoms with Crippen LogP contribution in [0.5, 0.6) is 0 Å². The molecule has 1 aromatic carbocycles. The third-order valence-electron chi connectivity index (χ3n) is 6.14. The first kappa shape index (κ1) is 22.2. The molecule has 3 amide bonds. The van der Waals surface area contributed by atoms with Crippen molar-refractivity contribution in [3.63, 3.8) is 0 Å². The molecule has 2 aliphatic heterocycles. The Kier molecular flexibility index (Phi) is 6.41. The van der Waals surface area contributed by atoms with E-state index in [0.717, 1.165) is 58.9 Å². The number of piperazine rings is 1. The number of hydrogen-bond acceptors (Lipinski definition) is 5. The van der Waals surface area contributed by atoms with Crippen LogP contribution in [0.2, 0.25) is 0 Å². The largest absolute Gasteiger partial charge is 0.368 e. The molecule has 0 radical (unpaired) electrons. The normalized spacial score (nSPS) is 18.2. The minimum atomic E-state index is -0.391. The number of carbonyl (C=O) groups is 3. The first-order valence-electron chi connectivity index (χ1n) is 10.9. The lowest BCUT2D eigenvalue weighted by Crippen LogP contribution is -2.51. The lowest BCUT2D eigenvalue weighted by atomic mass is 10.2. The van der Waals surface area contributed by atoms with E-state index < -0.39 is 5.91 Å². The predicted octanol–water partition coefficient (Wildman–Crippen LogP) is 3.51. The molecule has 168 valence electrons. The van der Waals surface area contributed by atoms with Crippen molar-refractivity contribution in [1.82, 2.24) is 14.4 Å². The van der Waals surface area contributed by atoms with Crippen molar-refractivity contribution in [3.8, 4) is 0 Å². The van der Waals surface area contributed by atoms with Crippen LogP contribution in [0.3, 0.4) is 0 Å². The molecule has 0 saturated carbocycles. The molecule has 2 aliphatic rings. The summed E-state index contributed by atoms with van der Waals surface area (Å²) in [6.45, 7) is 9.34. The van der Waals surface area contributed by atoms with Gasteiger partial charge in [-0.2, -0.15) is 0 Å². The number of thioether (sulfide) groups is 1. The maximum atomic E-state index is 12.9. The average Bonchev–Trinajstić information content (AvgIpc) is 3.23. The molecule has 2 aromatic rings. The summed E-state index contributed by atoms with van der Waals surface area (Å²) < 4.78 is 2.16. The molecule has 0 bridgehead atoms. The van der Waals surface area contributed by atoms with E-state index in [2.05, 4.69) is 28.5 Å². The standard InChI is InChI=1S/C24H28N4O3S/c1-4-27-17(2)14-19(18(27)3)15-21-23(30)28(24(31)32-21)16-22(29)26-12-10-25(11-13-26)20-8-6-5-7-9-20/h5-9,14-15H,4,10-13,16H2,1-3H3/b21-15+. The second-order valence-corrected chi connectivity index (χ2v) is 9.04. The van der Waals surface area contributed by atoms with E-state index in [4.69, 9.17) is 0 Å². The van der Waals surface area contributed by atoms with Gasteiger partial charge in [0.05, 0.1) is 4.91 Å². The van der Waals surface area contributed by atoms with Gasteiger partial charge in [0.25, 0.3) is 11.1 Å². The molecule has 0 atom stereocenters. The van der Waals surface area contributed by atoms with E-state index in [1.807, 2.05) is 38.1 Å². The van der Waals surface area contributed by atoms with Crippen molar-refractivity contribution in [2.24, 2.45) is 0 Å². The number of imide groups is 1. The molecule has 2 fully saturated rings. The Labute approximate surface area is 192 Å². The first-order valence-corrected chi connectivity index (χ1v) is 11.7. The second-order valence-electron chi connectivity index (χ2n) is 8.04. The Bertz CT molecular complexity index is 1070. The Morgan fingerprint density at radius 3 is 2.38 bits per heavy atom. The number of benzene rings is 1. The molecule has 0 spiro atoms. The van der Waals surface area contributed by atoms with Gasteiger partial charge >= 0.3 is 0 Å². The third-order valence-corrected chi connectivity index (χ3v) is 7.04. The van der Waals surface area contributed by atoms with Crippen molar-refractivity contribution < 1.29 is 14.4 Å². The second kappa shape index (κ2) is 9.24. The molecule has 0 unspecified atom stereocenters. The van der Waals surface area contributed by atoms with Crippen LogP contribution >= 0.6 is 11.8 Å². The van der Waals surface area contributed by atoms with Gasteiger partial charge in [-0.05, 0) is 62.4 Å². The quantitative estimate of drug-likeness (QED) is 0.650. The number of anilines is 1. The van der Waals surface area contributed by atoms with Gasteiger partial charge in [-0.1, -0.05) is 18.2 Å². The zero-order valence-corrected chi connectivity index (χ0v) is 19.5. The van der Waals surface area contributed by atoms with Crippen LogP contribution in [-0.2, 0) is 16.1 Å². The van der Waals surface area contributed by atoms with Crippen molar-refractivity contribution in [1.29, 1.82) is 0 Å². The number of nitrogens with zero attached hydrogens (tertiary/aromatic N) is 4. The summed E-state index contributed by atoms with van der Waals surface area (Å²) in [5.74, 6) is -0.581. The van der Waals surface area contributed by atoms with Gasteiger partial charge in [-0.25, -0.2) is 0 Å². The van der Waals surface area contributed by atoms with Crippen LogP contribution in [0.1, 0.15) is 23.9 Å². The number of para-hydroxylation sites is 1. The fraction of sp³-hybridized carbons (Fsp3) is 0.375. The molecule has 1 aromatic heterocycles. The monoisotopic (exact) mass is 452 g/mol. The van der Waals surface area contributed by atoms with Gasteiger partial charge in [-0.3, -0.25) is 19.3 Å². The van der Waals surface area contributed by atoms with Crippen LogP contribution in [0, 0.1) is 13.8 Å². The maximum Gasteiger partial charge on any atom is 0.294 e. The number of aryl methyl sites for hydroxylation is 1. The highest BCUT2D eigenvalue weighted by atomic mass is 32.2. The van der Waals surface area contributed by atoms with E-state index in [1.165, 1.54) is 0 Å². The number of amides is 3. The Morgan fingerprint density at radius 1 is 1.06 bits per heavy atom. The van der Waals surface area contributed by atoms with Gasteiger partial charge in [0, 0.05) is 49.8 Å². The molecule has 0 aliphatic carbocycles. The lowest BCUT2D eigenvalue weighted by Gasteiger charge is -2.36. The Morgan fingerprint density at radius 2 is 1.75 bits per heavy atom. The lowest BCUT2D eigenvalue weighted by molar-refractivity contribution is -0.136. The fourth-order valence-corrected chi connectivity index (χ4v) is 5.16. The zero-order valence-electron chi connectivity index (χ0n) is 18.7. The topological polar surface area (TPSA) is 65.9 Å². The Hall–Kier alpha value is -3.00. The van der Waals surface area contributed by atoms with E-state index in [-0.39, 0.29) is 17.7 Å². The highest BCUT2D eigenvalue weighted by Crippen LogP contribution is 2.33. The zero-order chi connectivity index (χ0) is 22.8. The van der Waals surface area contributed by atoms with Gasteiger partial charge in [0.1, 0.15) is 6.54 Å². The van der Waals surface area contributed by atoms with E-state index in [9.17, 15) is 14.4 Å². The maximum absolute atomic E-state index is 12.9. The van der Waals surface area contributed by atoms with Crippen molar-refractivity contribution in [2.75, 3.05) is 37.6 Å². The summed E-state index contributed by atoms with van der Waals surface area (Å²) >= 11 is 0.905. The first-order chi connectivity index (χ1) is 15.4. The van der Waals surface area contributed by atoms with E-state index in [0.29, 0.717) is 18.0 Å². The minimum Gasteiger partial charge on any atom is -0.368 e. The van der Waals surface area contributed by atoms with Gasteiger partial charge < -0.3 is 14.4 Å². The van der Waals surface area contributed by atoms with Crippen molar-refractivity contribution >= 4 is 40.6 Å². The van der Waals surface area contributed by atoms with Crippen LogP contribution in [0.4, 0.5) is 10.5 Å². The number of carbonyl (C=O) groups excluding carboxylic acids is 3. The average molecular weight is 453 g/mol. The molecule has 0 N–H and O–H groups in total. The summed E-state index contributed by atoms with van der Waals surface area (Å²) in [4.78, 5) is 43.6. The van der Waals surface area contributed by atoms with Crippen LogP contribution in [-0.4, -0.2) is 64.1 Å². The molecule has 8 heteroatoms. The Balaban J connectivity index is 1.39. The van der Waals surface area contributed by atoms with Crippen LogP contribution in [0.25, 0.3) is 6.08 Å². The van der Waals surface area contributed by atoms with Crippen molar-refractivity contribution in [2.45, 2.75) is 27.3 Å². The summed E-state index contributed by atoms with van der Waals surface area (Å²) in [7, 11) is 0. The minimum absolute atomic E-state index is 0.189. The molecule has 7 nitrogen and oxygen atoms in total.